The number of benzene rings is 4. The fraction of sp³-hybridized carbons (Fsp3) is 0.375. The molecule has 6 aromatic carbocycles. The van der Waals surface area contributed by atoms with Gasteiger partial charge in [0, 0.05) is 0 Å². The Hall–Kier alpha value is -2.22. The van der Waals surface area contributed by atoms with Gasteiger partial charge in [0.2, 0.25) is 0 Å². The molecule has 0 aliphatic heterocycles. The van der Waals surface area contributed by atoms with E-state index in [1.165, 1.54) is 141 Å². The Morgan fingerprint density at radius 2 is 0.865 bits per heavy atom. The molecule has 2 aliphatic rings. The predicted octanol–water partition coefficient (Wildman–Crippen LogP) is 7.94. The van der Waals surface area contributed by atoms with Gasteiger partial charge < -0.3 is 24.8 Å². The van der Waals surface area contributed by atoms with Gasteiger partial charge in [-0.05, 0) is 63.5 Å². The Bertz CT molecular complexity index is 1880. The second-order valence-corrected chi connectivity index (χ2v) is 25.2. The van der Waals surface area contributed by atoms with Gasteiger partial charge >= 0.3 is 41.9 Å². The summed E-state index contributed by atoms with van der Waals surface area (Å²) in [7, 11) is 0. The summed E-state index contributed by atoms with van der Waals surface area (Å²) in [4.78, 5) is 0. The zero-order valence-electron chi connectivity index (χ0n) is 32.2. The van der Waals surface area contributed by atoms with Crippen molar-refractivity contribution in [2.24, 2.45) is 11.8 Å². The summed E-state index contributed by atoms with van der Waals surface area (Å²) < 4.78 is 0. The van der Waals surface area contributed by atoms with Crippen LogP contribution in [0.2, 0.25) is 13.1 Å². The smallest absolute Gasteiger partial charge is 0.0274 e. The Kier molecular flexibility index (Phi) is 16.3. The molecule has 2 aliphatic carbocycles. The number of hydrogen-bond donors (Lipinski definition) is 0. The van der Waals surface area contributed by atoms with Crippen LogP contribution in [0, 0.1) is 39.5 Å². The quantitative estimate of drug-likeness (QED) is 0.118. The number of aryl methyl sites for hydroxylation is 4. The van der Waals surface area contributed by atoms with Crippen LogP contribution in [-0.4, -0.2) is 5.43 Å². The SMILES string of the molecule is C[Si](C)=[Zr+2].Cc1cc(C)cc(-c2cccc3[cH-]c(CC4CCCC4)cc23)c1.Cc1cc(C)cc(-c2cccc3[cH-]c(CC4CCCC4)cc23)c1.[Cl-].[Cl-]. The van der Waals surface area contributed by atoms with Gasteiger partial charge in [-0.15, -0.1) is 69.1 Å². The van der Waals surface area contributed by atoms with Crippen LogP contribution < -0.4 is 24.8 Å². The monoisotopic (exact) mass is 820 g/mol. The summed E-state index contributed by atoms with van der Waals surface area (Å²) in [5, 5.41) is 5.64. The maximum atomic E-state index is 2.45. The molecule has 0 aromatic heterocycles. The molecule has 0 radical (unpaired) electrons. The maximum Gasteiger partial charge on any atom is -0.0274 e. The summed E-state index contributed by atoms with van der Waals surface area (Å²) >= 11 is 1.74. The first-order valence-electron chi connectivity index (χ1n) is 19.2. The van der Waals surface area contributed by atoms with Crippen molar-refractivity contribution in [3.8, 4) is 22.3 Å². The second kappa shape index (κ2) is 19.9. The first-order chi connectivity index (χ1) is 24.1. The van der Waals surface area contributed by atoms with Crippen LogP contribution in [0.1, 0.15) is 84.7 Å². The van der Waals surface area contributed by atoms with E-state index in [0.29, 0.717) is 0 Å². The molecule has 6 aromatic rings. The van der Waals surface area contributed by atoms with E-state index in [1.54, 1.807) is 23.3 Å². The van der Waals surface area contributed by atoms with Crippen molar-refractivity contribution in [1.82, 2.24) is 0 Å². The third kappa shape index (κ3) is 11.4. The largest absolute Gasteiger partial charge is 1.00 e. The van der Waals surface area contributed by atoms with Gasteiger partial charge in [0.1, 0.15) is 0 Å². The first kappa shape index (κ1) is 42.5. The van der Waals surface area contributed by atoms with Gasteiger partial charge in [0.05, 0.1) is 0 Å². The fourth-order valence-electron chi connectivity index (χ4n) is 8.69. The third-order valence-electron chi connectivity index (χ3n) is 10.7. The molecule has 0 amide bonds. The van der Waals surface area contributed by atoms with Crippen molar-refractivity contribution in [1.29, 1.82) is 0 Å². The number of hydrogen-bond acceptors (Lipinski definition) is 0. The van der Waals surface area contributed by atoms with Crippen molar-refractivity contribution < 1.29 is 48.1 Å². The summed E-state index contributed by atoms with van der Waals surface area (Å²) in [6, 6.07) is 36.9. The molecular formula is C48H56Cl2SiZr-2. The molecule has 8 rings (SSSR count). The zero-order valence-corrected chi connectivity index (χ0v) is 37.2. The van der Waals surface area contributed by atoms with Crippen LogP contribution in [0.5, 0.6) is 0 Å². The molecule has 52 heavy (non-hydrogen) atoms. The van der Waals surface area contributed by atoms with Crippen LogP contribution in [0.4, 0.5) is 0 Å². The molecule has 0 spiro atoms. The van der Waals surface area contributed by atoms with Crippen LogP contribution in [-0.2, 0) is 36.2 Å². The number of fused-ring (bicyclic) bond motifs is 2. The summed E-state index contributed by atoms with van der Waals surface area (Å²) in [6.07, 6.45) is 13.9. The average Bonchev–Trinajstić information content (AvgIpc) is 3.88. The summed E-state index contributed by atoms with van der Waals surface area (Å²) in [6.45, 7) is 13.4. The van der Waals surface area contributed by atoms with Gasteiger partial charge in [-0.25, -0.2) is 0 Å². The van der Waals surface area contributed by atoms with E-state index in [2.05, 4.69) is 138 Å². The van der Waals surface area contributed by atoms with Gasteiger partial charge in [-0.1, -0.05) is 133 Å². The maximum absolute atomic E-state index is 2.45. The van der Waals surface area contributed by atoms with Crippen molar-refractivity contribution >= 4 is 27.0 Å². The molecule has 2 saturated carbocycles. The Labute approximate surface area is 342 Å². The van der Waals surface area contributed by atoms with Gasteiger partial charge in [0.15, 0.2) is 0 Å². The number of halogens is 2. The fourth-order valence-corrected chi connectivity index (χ4v) is 8.69. The van der Waals surface area contributed by atoms with E-state index in [9.17, 15) is 0 Å². The van der Waals surface area contributed by atoms with E-state index in [4.69, 9.17) is 0 Å². The van der Waals surface area contributed by atoms with Gasteiger partial charge in [0.25, 0.3) is 0 Å². The molecule has 0 nitrogen and oxygen atoms in total. The van der Waals surface area contributed by atoms with Crippen LogP contribution >= 0.6 is 0 Å². The Morgan fingerprint density at radius 3 is 1.19 bits per heavy atom. The molecule has 0 N–H and O–H groups in total. The topological polar surface area (TPSA) is 0 Å². The molecular weight excluding hydrogens is 767 g/mol. The molecule has 0 unspecified atom stereocenters. The predicted molar refractivity (Wildman–Crippen MR) is 218 cm³/mol. The summed E-state index contributed by atoms with van der Waals surface area (Å²) in [5.74, 6) is 1.83. The summed E-state index contributed by atoms with van der Waals surface area (Å²) in [5.41, 5.74) is 14.1. The molecule has 272 valence electrons. The van der Waals surface area contributed by atoms with E-state index >= 15 is 0 Å². The van der Waals surface area contributed by atoms with E-state index in [0.717, 1.165) is 11.8 Å². The van der Waals surface area contributed by atoms with E-state index in [1.807, 2.05) is 0 Å². The van der Waals surface area contributed by atoms with Crippen LogP contribution in [0.25, 0.3) is 43.8 Å². The normalized spacial score (nSPS) is 14.3. The van der Waals surface area contributed by atoms with Crippen molar-refractivity contribution in [3.05, 3.63) is 130 Å². The van der Waals surface area contributed by atoms with Gasteiger partial charge in [-0.3, -0.25) is 0 Å². The minimum atomic E-state index is 0. The van der Waals surface area contributed by atoms with Crippen molar-refractivity contribution in [3.63, 3.8) is 0 Å². The minimum Gasteiger partial charge on any atom is -1.00 e. The molecule has 0 saturated heterocycles. The third-order valence-corrected chi connectivity index (χ3v) is 10.7. The van der Waals surface area contributed by atoms with Crippen molar-refractivity contribution in [2.75, 3.05) is 0 Å². The standard InChI is InChI=1S/2C23H25.C2H6Si.2ClH.Zr/c2*1-16-10-17(2)12-21(11-16)22-9-5-8-20-14-19(15-23(20)22)13-18-6-3-4-7-18;1-3-2;;;/h2*5,8-12,14-15,18H,3-4,6-7,13H2,1-2H3;1-2H3;2*1H;/q2*-1;;;;+2/p-2. The second-order valence-electron chi connectivity index (χ2n) is 15.8. The van der Waals surface area contributed by atoms with Crippen LogP contribution in [0.15, 0.2) is 97.1 Å². The molecule has 0 atom stereocenters. The average molecular weight is 823 g/mol. The van der Waals surface area contributed by atoms with Crippen LogP contribution in [0.3, 0.4) is 0 Å². The van der Waals surface area contributed by atoms with E-state index < -0.39 is 0 Å². The minimum absolute atomic E-state index is 0. The number of rotatable bonds is 6. The first-order valence-corrected chi connectivity index (χ1v) is 25.4. The Balaban J connectivity index is 0.000000204. The van der Waals surface area contributed by atoms with Gasteiger partial charge in [-0.2, -0.15) is 12.1 Å². The van der Waals surface area contributed by atoms with E-state index in [-0.39, 0.29) is 30.2 Å². The zero-order chi connectivity index (χ0) is 35.2. The Morgan fingerprint density at radius 1 is 0.538 bits per heavy atom. The molecule has 0 bridgehead atoms. The molecule has 0 heterocycles. The molecule has 4 heteroatoms. The van der Waals surface area contributed by atoms with Crippen molar-refractivity contribution in [2.45, 2.75) is 105 Å². The molecule has 2 fully saturated rings.